The molecule has 3 N–H and O–H groups in total. The Kier molecular flexibility index (Phi) is 7.14. The molecule has 0 aliphatic carbocycles. The third-order valence-corrected chi connectivity index (χ3v) is 3.57. The highest BCUT2D eigenvalue weighted by Gasteiger charge is 2.05. The molecule has 0 spiro atoms. The summed E-state index contributed by atoms with van der Waals surface area (Å²) >= 11 is 0. The van der Waals surface area contributed by atoms with E-state index in [9.17, 15) is 0 Å². The van der Waals surface area contributed by atoms with E-state index in [1.54, 1.807) is 14.2 Å². The first-order valence-corrected chi connectivity index (χ1v) is 8.52. The Balaban J connectivity index is 1.99. The van der Waals surface area contributed by atoms with Crippen molar-refractivity contribution in [2.45, 2.75) is 20.4 Å². The second-order valence-electron chi connectivity index (χ2n) is 6.25. The fourth-order valence-electron chi connectivity index (χ4n) is 2.27. The van der Waals surface area contributed by atoms with Gasteiger partial charge < -0.3 is 25.3 Å². The van der Waals surface area contributed by atoms with Gasteiger partial charge in [0.2, 0.25) is 0 Å². The number of ether oxygens (including phenoxy) is 3. The van der Waals surface area contributed by atoms with Crippen LogP contribution in [-0.4, -0.2) is 26.8 Å². The molecule has 2 rings (SSSR count). The number of hydrogen-bond donors (Lipinski definition) is 2. The van der Waals surface area contributed by atoms with Gasteiger partial charge >= 0.3 is 0 Å². The van der Waals surface area contributed by atoms with E-state index in [0.29, 0.717) is 36.5 Å². The lowest BCUT2D eigenvalue weighted by molar-refractivity contribution is 0.271. The molecule has 0 amide bonds. The minimum atomic E-state index is 0.325. The lowest BCUT2D eigenvalue weighted by Gasteiger charge is -2.11. The van der Waals surface area contributed by atoms with E-state index in [-0.39, 0.29) is 0 Å². The van der Waals surface area contributed by atoms with Crippen molar-refractivity contribution in [3.05, 3.63) is 48.0 Å². The lowest BCUT2D eigenvalue weighted by Crippen LogP contribution is -2.22. The van der Waals surface area contributed by atoms with Crippen molar-refractivity contribution in [3.63, 3.8) is 0 Å². The van der Waals surface area contributed by atoms with Crippen LogP contribution in [-0.2, 0) is 6.54 Å². The lowest BCUT2D eigenvalue weighted by atomic mass is 10.2. The predicted molar refractivity (Wildman–Crippen MR) is 105 cm³/mol. The largest absolute Gasteiger partial charge is 0.493 e. The van der Waals surface area contributed by atoms with Gasteiger partial charge in [0.25, 0.3) is 0 Å². The van der Waals surface area contributed by atoms with Crippen LogP contribution in [0.2, 0.25) is 0 Å². The Morgan fingerprint density at radius 1 is 1.08 bits per heavy atom. The van der Waals surface area contributed by atoms with Crippen LogP contribution in [0.4, 0.5) is 5.69 Å². The second-order valence-corrected chi connectivity index (χ2v) is 6.25. The van der Waals surface area contributed by atoms with Gasteiger partial charge in [-0.2, -0.15) is 0 Å². The molecule has 0 radical (unpaired) electrons. The molecule has 0 aromatic heterocycles. The number of aliphatic imine (C=N–C) groups is 1. The standard InChI is InChI=1S/C20H27N3O3/c1-14(2)13-26-17-7-5-6-15(10-17)12-22-20(21)23-16-8-9-18(24-3)19(11-16)25-4/h5-11,14H,12-13H2,1-4H3,(H3,21,22,23). The fourth-order valence-corrected chi connectivity index (χ4v) is 2.27. The highest BCUT2D eigenvalue weighted by molar-refractivity contribution is 5.92. The zero-order valence-corrected chi connectivity index (χ0v) is 15.8. The number of nitrogens with one attached hydrogen (secondary N) is 1. The van der Waals surface area contributed by atoms with Gasteiger partial charge in [-0.3, -0.25) is 0 Å². The summed E-state index contributed by atoms with van der Waals surface area (Å²) in [7, 11) is 3.19. The van der Waals surface area contributed by atoms with Crippen molar-refractivity contribution in [2.24, 2.45) is 16.6 Å². The number of benzene rings is 2. The average Bonchev–Trinajstić information content (AvgIpc) is 2.65. The molecule has 0 unspecified atom stereocenters. The summed E-state index contributed by atoms with van der Waals surface area (Å²) in [4.78, 5) is 4.38. The van der Waals surface area contributed by atoms with Crippen LogP contribution in [0.1, 0.15) is 19.4 Å². The summed E-state index contributed by atoms with van der Waals surface area (Å²) in [5, 5.41) is 3.05. The first kappa shape index (κ1) is 19.4. The van der Waals surface area contributed by atoms with Gasteiger partial charge in [-0.1, -0.05) is 26.0 Å². The summed E-state index contributed by atoms with van der Waals surface area (Å²) in [6.45, 7) is 5.39. The zero-order valence-electron chi connectivity index (χ0n) is 15.8. The number of guanidine groups is 1. The number of methoxy groups -OCH3 is 2. The van der Waals surface area contributed by atoms with Crippen LogP contribution in [0, 0.1) is 5.92 Å². The van der Waals surface area contributed by atoms with Gasteiger partial charge in [0.05, 0.1) is 27.4 Å². The molecule has 0 aliphatic heterocycles. The molecule has 6 heteroatoms. The maximum atomic E-state index is 5.99. The van der Waals surface area contributed by atoms with Crippen LogP contribution in [0.15, 0.2) is 47.5 Å². The number of rotatable bonds is 8. The molecule has 2 aromatic rings. The summed E-state index contributed by atoms with van der Waals surface area (Å²) < 4.78 is 16.2. The Hall–Kier alpha value is -2.89. The highest BCUT2D eigenvalue weighted by Crippen LogP contribution is 2.29. The summed E-state index contributed by atoms with van der Waals surface area (Å²) in [6.07, 6.45) is 0. The van der Waals surface area contributed by atoms with E-state index in [0.717, 1.165) is 17.0 Å². The monoisotopic (exact) mass is 357 g/mol. The summed E-state index contributed by atoms with van der Waals surface area (Å²) in [5.41, 5.74) is 7.79. The van der Waals surface area contributed by atoms with E-state index < -0.39 is 0 Å². The molecule has 26 heavy (non-hydrogen) atoms. The Morgan fingerprint density at radius 3 is 2.54 bits per heavy atom. The molecule has 0 saturated carbocycles. The van der Waals surface area contributed by atoms with Gasteiger partial charge in [-0.25, -0.2) is 4.99 Å². The Labute approximate surface area is 155 Å². The number of nitrogens with two attached hydrogens (primary N) is 1. The van der Waals surface area contributed by atoms with Gasteiger partial charge in [0.15, 0.2) is 17.5 Å². The number of hydrogen-bond acceptors (Lipinski definition) is 4. The van der Waals surface area contributed by atoms with Gasteiger partial charge in [-0.05, 0) is 35.7 Å². The topological polar surface area (TPSA) is 78.1 Å². The molecule has 0 bridgehead atoms. The van der Waals surface area contributed by atoms with E-state index in [4.69, 9.17) is 19.9 Å². The smallest absolute Gasteiger partial charge is 0.193 e. The van der Waals surface area contributed by atoms with E-state index in [1.807, 2.05) is 42.5 Å². The molecule has 0 fully saturated rings. The van der Waals surface area contributed by atoms with Crippen LogP contribution >= 0.6 is 0 Å². The van der Waals surface area contributed by atoms with Crippen molar-refractivity contribution in [2.75, 3.05) is 26.1 Å². The van der Waals surface area contributed by atoms with E-state index in [2.05, 4.69) is 24.2 Å². The Bertz CT molecular complexity index is 745. The molecule has 140 valence electrons. The molecular formula is C20H27N3O3. The SMILES string of the molecule is COc1ccc(NC(N)=NCc2cccc(OCC(C)C)c2)cc1OC. The first-order chi connectivity index (χ1) is 12.5. The van der Waals surface area contributed by atoms with Crippen LogP contribution in [0.25, 0.3) is 0 Å². The number of anilines is 1. The quantitative estimate of drug-likeness (QED) is 0.557. The van der Waals surface area contributed by atoms with Gasteiger partial charge in [-0.15, -0.1) is 0 Å². The van der Waals surface area contributed by atoms with Crippen molar-refractivity contribution in [1.82, 2.24) is 0 Å². The third-order valence-electron chi connectivity index (χ3n) is 3.57. The van der Waals surface area contributed by atoms with Gasteiger partial charge in [0, 0.05) is 11.8 Å². The van der Waals surface area contributed by atoms with E-state index >= 15 is 0 Å². The highest BCUT2D eigenvalue weighted by atomic mass is 16.5. The van der Waals surface area contributed by atoms with Gasteiger partial charge in [0.1, 0.15) is 5.75 Å². The van der Waals surface area contributed by atoms with Crippen LogP contribution in [0.5, 0.6) is 17.2 Å². The molecule has 0 heterocycles. The molecule has 0 saturated heterocycles. The van der Waals surface area contributed by atoms with Crippen molar-refractivity contribution >= 4 is 11.6 Å². The minimum Gasteiger partial charge on any atom is -0.493 e. The Morgan fingerprint density at radius 2 is 1.85 bits per heavy atom. The summed E-state index contributed by atoms with van der Waals surface area (Å²) in [6, 6.07) is 13.3. The second kappa shape index (κ2) is 9.56. The average molecular weight is 357 g/mol. The van der Waals surface area contributed by atoms with Crippen LogP contribution < -0.4 is 25.3 Å². The van der Waals surface area contributed by atoms with Crippen molar-refractivity contribution < 1.29 is 14.2 Å². The van der Waals surface area contributed by atoms with Crippen molar-refractivity contribution in [1.29, 1.82) is 0 Å². The maximum Gasteiger partial charge on any atom is 0.193 e. The maximum absolute atomic E-state index is 5.99. The summed E-state index contributed by atoms with van der Waals surface area (Å²) in [5.74, 6) is 2.94. The van der Waals surface area contributed by atoms with Crippen molar-refractivity contribution in [3.8, 4) is 17.2 Å². The zero-order chi connectivity index (χ0) is 18.9. The van der Waals surface area contributed by atoms with E-state index in [1.165, 1.54) is 0 Å². The fraction of sp³-hybridized carbons (Fsp3) is 0.350. The molecule has 6 nitrogen and oxygen atoms in total. The molecule has 0 aliphatic rings. The first-order valence-electron chi connectivity index (χ1n) is 8.52. The molecule has 2 aromatic carbocycles. The predicted octanol–water partition coefficient (Wildman–Crippen LogP) is 3.67. The molecular weight excluding hydrogens is 330 g/mol. The third kappa shape index (κ3) is 5.88. The van der Waals surface area contributed by atoms with Crippen LogP contribution in [0.3, 0.4) is 0 Å². The minimum absolute atomic E-state index is 0.325. The number of nitrogens with zero attached hydrogens (tertiary/aromatic N) is 1. The molecule has 0 atom stereocenters. The normalized spacial score (nSPS) is 11.3.